The van der Waals surface area contributed by atoms with E-state index in [0.717, 1.165) is 109 Å². The third kappa shape index (κ3) is 61.4. The number of esters is 3. The third-order valence-corrected chi connectivity index (χ3v) is 14.1. The summed E-state index contributed by atoms with van der Waals surface area (Å²) in [6.07, 6.45) is 84.4. The second kappa shape index (κ2) is 64.1. The lowest BCUT2D eigenvalue weighted by Gasteiger charge is -2.18. The summed E-state index contributed by atoms with van der Waals surface area (Å²) in [6.45, 7) is 6.55. The van der Waals surface area contributed by atoms with Crippen LogP contribution < -0.4 is 0 Å². The molecule has 0 radical (unpaired) electrons. The molecule has 0 aromatic rings. The van der Waals surface area contributed by atoms with Gasteiger partial charge in [0.25, 0.3) is 0 Å². The molecular formula is C70H122O6. The first-order chi connectivity index (χ1) is 37.5. The lowest BCUT2D eigenvalue weighted by molar-refractivity contribution is -0.167. The van der Waals surface area contributed by atoms with E-state index < -0.39 is 6.10 Å². The third-order valence-electron chi connectivity index (χ3n) is 14.1. The molecule has 438 valence electrons. The van der Waals surface area contributed by atoms with Gasteiger partial charge in [-0.05, 0) is 96.3 Å². The van der Waals surface area contributed by atoms with E-state index in [0.29, 0.717) is 19.3 Å². The first-order valence-corrected chi connectivity index (χ1v) is 32.6. The molecule has 0 aromatic heterocycles. The van der Waals surface area contributed by atoms with Crippen molar-refractivity contribution in [2.45, 2.75) is 329 Å². The van der Waals surface area contributed by atoms with Gasteiger partial charge in [-0.1, -0.05) is 292 Å². The average molecular weight is 1060 g/mol. The Morgan fingerprint density at radius 2 is 0.513 bits per heavy atom. The van der Waals surface area contributed by atoms with Crippen LogP contribution in [0.2, 0.25) is 0 Å². The minimum Gasteiger partial charge on any atom is -0.462 e. The first kappa shape index (κ1) is 72.6. The summed E-state index contributed by atoms with van der Waals surface area (Å²) in [5.41, 5.74) is 0. The maximum absolute atomic E-state index is 12.9. The van der Waals surface area contributed by atoms with Crippen molar-refractivity contribution in [3.05, 3.63) is 85.1 Å². The number of carbonyl (C=O) groups excluding carboxylic acids is 3. The number of hydrogen-bond donors (Lipinski definition) is 0. The van der Waals surface area contributed by atoms with E-state index in [-0.39, 0.29) is 31.1 Å². The molecule has 0 spiro atoms. The summed E-state index contributed by atoms with van der Waals surface area (Å²) >= 11 is 0. The topological polar surface area (TPSA) is 78.9 Å². The highest BCUT2D eigenvalue weighted by molar-refractivity contribution is 5.71. The Morgan fingerprint density at radius 1 is 0.276 bits per heavy atom. The monoisotopic (exact) mass is 1060 g/mol. The summed E-state index contributed by atoms with van der Waals surface area (Å²) in [7, 11) is 0. The van der Waals surface area contributed by atoms with Crippen molar-refractivity contribution in [1.29, 1.82) is 0 Å². The fourth-order valence-corrected chi connectivity index (χ4v) is 9.27. The van der Waals surface area contributed by atoms with Crippen LogP contribution in [0.25, 0.3) is 0 Å². The summed E-state index contributed by atoms with van der Waals surface area (Å²) in [6, 6.07) is 0. The van der Waals surface area contributed by atoms with Crippen LogP contribution in [0.3, 0.4) is 0 Å². The van der Waals surface area contributed by atoms with E-state index in [1.807, 2.05) is 0 Å². The average Bonchev–Trinajstić information content (AvgIpc) is 3.42. The Kier molecular flexibility index (Phi) is 61.2. The van der Waals surface area contributed by atoms with Crippen molar-refractivity contribution in [3.63, 3.8) is 0 Å². The smallest absolute Gasteiger partial charge is 0.306 e. The minimum absolute atomic E-state index is 0.0789. The molecule has 0 aromatic carbocycles. The number of rotatable bonds is 59. The molecule has 0 fully saturated rings. The van der Waals surface area contributed by atoms with E-state index in [2.05, 4.69) is 106 Å². The molecule has 0 aliphatic carbocycles. The molecule has 0 aliphatic rings. The molecule has 0 saturated heterocycles. The lowest BCUT2D eigenvalue weighted by atomic mass is 10.0. The van der Waals surface area contributed by atoms with Gasteiger partial charge in [-0.2, -0.15) is 0 Å². The number of hydrogen-bond acceptors (Lipinski definition) is 6. The van der Waals surface area contributed by atoms with Crippen molar-refractivity contribution in [3.8, 4) is 0 Å². The Morgan fingerprint density at radius 3 is 0.816 bits per heavy atom. The van der Waals surface area contributed by atoms with Gasteiger partial charge in [-0.25, -0.2) is 0 Å². The van der Waals surface area contributed by atoms with Gasteiger partial charge < -0.3 is 14.2 Å². The fourth-order valence-electron chi connectivity index (χ4n) is 9.27. The van der Waals surface area contributed by atoms with E-state index in [9.17, 15) is 14.4 Å². The van der Waals surface area contributed by atoms with Crippen molar-refractivity contribution in [2.75, 3.05) is 13.2 Å². The summed E-state index contributed by atoms with van der Waals surface area (Å²) in [5, 5.41) is 0. The molecule has 0 N–H and O–H groups in total. The van der Waals surface area contributed by atoms with Crippen LogP contribution in [0.4, 0.5) is 0 Å². The standard InChI is InChI=1S/C70H122O6/c1-4-7-10-13-16-19-22-25-28-30-32-33-34-35-36-37-39-40-42-45-48-51-54-57-60-63-69(72)75-66-67(65-74-68(71)62-59-56-53-50-47-44-27-24-21-18-15-12-9-6-3)76-70(73)64-61-58-55-52-49-46-43-41-38-31-29-26-23-20-17-14-11-8-5-2/h7,10,16,19,25-26,28-29,32-33,35-36,39-40,67H,4-6,8-9,11-15,17-18,20-24,27,30-31,34,37-38,41-66H2,1-3H3/b10-7-,19-16-,28-25-,29-26-,33-32-,36-35-,40-39-. The van der Waals surface area contributed by atoms with Gasteiger partial charge in [0.2, 0.25) is 0 Å². The summed E-state index contributed by atoms with van der Waals surface area (Å²) in [5.74, 6) is -0.881. The number of unbranched alkanes of at least 4 members (excludes halogenated alkanes) is 34. The van der Waals surface area contributed by atoms with Gasteiger partial charge in [-0.15, -0.1) is 0 Å². The highest BCUT2D eigenvalue weighted by Gasteiger charge is 2.19. The Bertz CT molecular complexity index is 1450. The molecule has 6 nitrogen and oxygen atoms in total. The Hall–Kier alpha value is -3.41. The minimum atomic E-state index is -0.784. The quantitative estimate of drug-likeness (QED) is 0.0261. The van der Waals surface area contributed by atoms with Gasteiger partial charge >= 0.3 is 17.9 Å². The zero-order valence-electron chi connectivity index (χ0n) is 50.3. The van der Waals surface area contributed by atoms with Crippen LogP contribution in [-0.4, -0.2) is 37.2 Å². The van der Waals surface area contributed by atoms with Gasteiger partial charge in [0.15, 0.2) is 6.10 Å². The Balaban J connectivity index is 4.36. The van der Waals surface area contributed by atoms with Crippen molar-refractivity contribution < 1.29 is 28.6 Å². The van der Waals surface area contributed by atoms with Crippen LogP contribution in [0.15, 0.2) is 85.1 Å². The lowest BCUT2D eigenvalue weighted by Crippen LogP contribution is -2.30. The highest BCUT2D eigenvalue weighted by atomic mass is 16.6. The van der Waals surface area contributed by atoms with E-state index in [1.54, 1.807) is 0 Å². The molecule has 1 unspecified atom stereocenters. The molecule has 0 heterocycles. The van der Waals surface area contributed by atoms with Gasteiger partial charge in [0, 0.05) is 19.3 Å². The fraction of sp³-hybridized carbons (Fsp3) is 0.757. The first-order valence-electron chi connectivity index (χ1n) is 32.6. The number of allylic oxidation sites excluding steroid dienone is 14. The largest absolute Gasteiger partial charge is 0.462 e. The molecule has 76 heavy (non-hydrogen) atoms. The van der Waals surface area contributed by atoms with E-state index in [1.165, 1.54) is 173 Å². The molecule has 0 aliphatic heterocycles. The second-order valence-corrected chi connectivity index (χ2v) is 21.6. The predicted octanol–water partition coefficient (Wildman–Crippen LogP) is 22.3. The van der Waals surface area contributed by atoms with Crippen molar-refractivity contribution in [2.24, 2.45) is 0 Å². The van der Waals surface area contributed by atoms with Gasteiger partial charge in [0.05, 0.1) is 0 Å². The molecule has 6 heteroatoms. The molecule has 0 bridgehead atoms. The number of carbonyl (C=O) groups is 3. The van der Waals surface area contributed by atoms with E-state index in [4.69, 9.17) is 14.2 Å². The van der Waals surface area contributed by atoms with Crippen LogP contribution in [-0.2, 0) is 28.6 Å². The van der Waals surface area contributed by atoms with Crippen LogP contribution in [0.1, 0.15) is 323 Å². The normalized spacial score (nSPS) is 12.6. The van der Waals surface area contributed by atoms with Crippen molar-refractivity contribution >= 4 is 17.9 Å². The summed E-state index contributed by atoms with van der Waals surface area (Å²) < 4.78 is 16.9. The molecule has 0 rings (SSSR count). The molecule has 0 amide bonds. The molecule has 1 atom stereocenters. The summed E-state index contributed by atoms with van der Waals surface area (Å²) in [4.78, 5) is 38.3. The van der Waals surface area contributed by atoms with E-state index >= 15 is 0 Å². The highest BCUT2D eigenvalue weighted by Crippen LogP contribution is 2.17. The van der Waals surface area contributed by atoms with Crippen molar-refractivity contribution in [1.82, 2.24) is 0 Å². The molecular weight excluding hydrogens is 937 g/mol. The molecule has 0 saturated carbocycles. The number of ether oxygens (including phenoxy) is 3. The van der Waals surface area contributed by atoms with Gasteiger partial charge in [-0.3, -0.25) is 14.4 Å². The van der Waals surface area contributed by atoms with Crippen LogP contribution >= 0.6 is 0 Å². The predicted molar refractivity (Wildman–Crippen MR) is 330 cm³/mol. The SMILES string of the molecule is CC/C=C\C/C=C\C/C=C\C/C=C\C/C=C\C/C=C\CCCCCCCCC(=O)OCC(COC(=O)CCCCCCCCCCCCCCCC)OC(=O)CCCCCCCCCCC/C=C\CCCCCCCC. The zero-order chi connectivity index (χ0) is 55.0. The maximum atomic E-state index is 12.9. The van der Waals surface area contributed by atoms with Crippen LogP contribution in [0.5, 0.6) is 0 Å². The maximum Gasteiger partial charge on any atom is 0.306 e. The zero-order valence-corrected chi connectivity index (χ0v) is 50.3. The Labute approximate surface area is 471 Å². The second-order valence-electron chi connectivity index (χ2n) is 21.6. The van der Waals surface area contributed by atoms with Crippen LogP contribution in [0, 0.1) is 0 Å². The van der Waals surface area contributed by atoms with Gasteiger partial charge in [0.1, 0.15) is 13.2 Å².